The van der Waals surface area contributed by atoms with E-state index >= 15 is 0 Å². The van der Waals surface area contributed by atoms with Crippen molar-refractivity contribution < 1.29 is 9.47 Å². The summed E-state index contributed by atoms with van der Waals surface area (Å²) in [6.07, 6.45) is 0. The van der Waals surface area contributed by atoms with E-state index in [4.69, 9.17) is 15.2 Å². The van der Waals surface area contributed by atoms with Gasteiger partial charge in [-0.05, 0) is 12.1 Å². The molecule has 0 atom stereocenters. The van der Waals surface area contributed by atoms with Crippen molar-refractivity contribution in [3.8, 4) is 22.6 Å². The highest BCUT2D eigenvalue weighted by molar-refractivity contribution is 5.82. The van der Waals surface area contributed by atoms with Crippen molar-refractivity contribution in [1.82, 2.24) is 0 Å². The van der Waals surface area contributed by atoms with Gasteiger partial charge in [0.15, 0.2) is 11.5 Å². The third-order valence-electron chi connectivity index (χ3n) is 2.65. The maximum absolute atomic E-state index is 5.97. The first-order chi connectivity index (χ1) is 8.27. The number of rotatable bonds is 3. The SMILES string of the molecule is COc1cccc(-c2ccccc2N)c1OC. The number of para-hydroxylation sites is 2. The lowest BCUT2D eigenvalue weighted by Crippen LogP contribution is -1.95. The molecule has 3 heteroatoms. The van der Waals surface area contributed by atoms with Crippen molar-refractivity contribution in [1.29, 1.82) is 0 Å². The maximum Gasteiger partial charge on any atom is 0.168 e. The molecule has 17 heavy (non-hydrogen) atoms. The Hall–Kier alpha value is -2.16. The van der Waals surface area contributed by atoms with E-state index in [0.29, 0.717) is 11.5 Å². The minimum absolute atomic E-state index is 0.702. The zero-order chi connectivity index (χ0) is 12.3. The summed E-state index contributed by atoms with van der Waals surface area (Å²) in [5, 5.41) is 0. The van der Waals surface area contributed by atoms with Crippen LogP contribution < -0.4 is 15.2 Å². The van der Waals surface area contributed by atoms with Gasteiger partial charge in [0, 0.05) is 16.8 Å². The molecule has 3 nitrogen and oxygen atoms in total. The Labute approximate surface area is 101 Å². The first kappa shape index (κ1) is 11.3. The summed E-state index contributed by atoms with van der Waals surface area (Å²) in [5.41, 5.74) is 8.58. The van der Waals surface area contributed by atoms with E-state index in [-0.39, 0.29) is 0 Å². The van der Waals surface area contributed by atoms with E-state index in [2.05, 4.69) is 0 Å². The second-order valence-corrected chi connectivity index (χ2v) is 3.63. The second kappa shape index (κ2) is 4.78. The first-order valence-electron chi connectivity index (χ1n) is 5.33. The van der Waals surface area contributed by atoms with E-state index in [1.165, 1.54) is 0 Å². The van der Waals surface area contributed by atoms with Crippen LogP contribution in [0.5, 0.6) is 11.5 Å². The van der Waals surface area contributed by atoms with Crippen molar-refractivity contribution in [3.05, 3.63) is 42.5 Å². The molecular formula is C14H15NO2. The number of benzene rings is 2. The Balaban J connectivity index is 2.63. The highest BCUT2D eigenvalue weighted by atomic mass is 16.5. The zero-order valence-electron chi connectivity index (χ0n) is 9.94. The summed E-state index contributed by atoms with van der Waals surface area (Å²) in [4.78, 5) is 0. The second-order valence-electron chi connectivity index (χ2n) is 3.63. The molecule has 0 heterocycles. The third kappa shape index (κ3) is 2.04. The zero-order valence-corrected chi connectivity index (χ0v) is 9.94. The standard InChI is InChI=1S/C14H15NO2/c1-16-13-9-5-7-11(14(13)17-2)10-6-3-4-8-12(10)15/h3-9H,15H2,1-2H3. The monoisotopic (exact) mass is 229 g/mol. The quantitative estimate of drug-likeness (QED) is 0.823. The average Bonchev–Trinajstić information content (AvgIpc) is 2.38. The van der Waals surface area contributed by atoms with Crippen molar-refractivity contribution in [2.75, 3.05) is 20.0 Å². The lowest BCUT2D eigenvalue weighted by atomic mass is 10.0. The van der Waals surface area contributed by atoms with Crippen LogP contribution in [0.2, 0.25) is 0 Å². The Morgan fingerprint density at radius 3 is 2.18 bits per heavy atom. The average molecular weight is 229 g/mol. The highest BCUT2D eigenvalue weighted by Crippen LogP contribution is 2.39. The molecule has 0 spiro atoms. The number of anilines is 1. The van der Waals surface area contributed by atoms with Crippen LogP contribution in [0, 0.1) is 0 Å². The molecule has 0 saturated heterocycles. The lowest BCUT2D eigenvalue weighted by molar-refractivity contribution is 0.356. The van der Waals surface area contributed by atoms with Gasteiger partial charge in [-0.25, -0.2) is 0 Å². The van der Waals surface area contributed by atoms with Gasteiger partial charge in [0.25, 0.3) is 0 Å². The molecule has 0 saturated carbocycles. The van der Waals surface area contributed by atoms with Gasteiger partial charge in [0.05, 0.1) is 14.2 Å². The van der Waals surface area contributed by atoms with Crippen LogP contribution in [-0.4, -0.2) is 14.2 Å². The van der Waals surface area contributed by atoms with E-state index in [9.17, 15) is 0 Å². The van der Waals surface area contributed by atoms with Crippen LogP contribution in [0.1, 0.15) is 0 Å². The molecule has 0 aliphatic heterocycles. The molecule has 0 amide bonds. The predicted molar refractivity (Wildman–Crippen MR) is 69.4 cm³/mol. The van der Waals surface area contributed by atoms with Crippen LogP contribution in [0.25, 0.3) is 11.1 Å². The normalized spacial score (nSPS) is 10.0. The maximum atomic E-state index is 5.97. The number of nitrogen functional groups attached to an aromatic ring is 1. The summed E-state index contributed by atoms with van der Waals surface area (Å²) in [6, 6.07) is 13.4. The van der Waals surface area contributed by atoms with E-state index < -0.39 is 0 Å². The summed E-state index contributed by atoms with van der Waals surface area (Å²) >= 11 is 0. The molecule has 0 aliphatic rings. The molecular weight excluding hydrogens is 214 g/mol. The van der Waals surface area contributed by atoms with Crippen molar-refractivity contribution in [2.45, 2.75) is 0 Å². The van der Waals surface area contributed by atoms with Crippen molar-refractivity contribution in [2.24, 2.45) is 0 Å². The van der Waals surface area contributed by atoms with Crippen molar-refractivity contribution in [3.63, 3.8) is 0 Å². The minimum Gasteiger partial charge on any atom is -0.493 e. The van der Waals surface area contributed by atoms with Gasteiger partial charge < -0.3 is 15.2 Å². The van der Waals surface area contributed by atoms with Crippen LogP contribution in [-0.2, 0) is 0 Å². The van der Waals surface area contributed by atoms with Gasteiger partial charge >= 0.3 is 0 Å². The van der Waals surface area contributed by atoms with Crippen LogP contribution >= 0.6 is 0 Å². The minimum atomic E-state index is 0.702. The Morgan fingerprint density at radius 1 is 0.824 bits per heavy atom. The summed E-state index contributed by atoms with van der Waals surface area (Å²) < 4.78 is 10.7. The van der Waals surface area contributed by atoms with Crippen LogP contribution in [0.3, 0.4) is 0 Å². The fourth-order valence-corrected chi connectivity index (χ4v) is 1.84. The Kier molecular flexibility index (Phi) is 3.19. The third-order valence-corrected chi connectivity index (χ3v) is 2.65. The molecule has 0 unspecified atom stereocenters. The molecule has 0 radical (unpaired) electrons. The highest BCUT2D eigenvalue weighted by Gasteiger charge is 2.12. The summed E-state index contributed by atoms with van der Waals surface area (Å²) in [5.74, 6) is 1.40. The number of hydrogen-bond donors (Lipinski definition) is 1. The first-order valence-corrected chi connectivity index (χ1v) is 5.33. The van der Waals surface area contributed by atoms with Gasteiger partial charge in [0.1, 0.15) is 0 Å². The van der Waals surface area contributed by atoms with Gasteiger partial charge in [-0.2, -0.15) is 0 Å². The van der Waals surface area contributed by atoms with Crippen LogP contribution in [0.15, 0.2) is 42.5 Å². The molecule has 0 aromatic heterocycles. The Bertz CT molecular complexity index is 523. The molecule has 0 fully saturated rings. The van der Waals surface area contributed by atoms with Gasteiger partial charge in [-0.3, -0.25) is 0 Å². The van der Waals surface area contributed by atoms with Crippen LogP contribution in [0.4, 0.5) is 5.69 Å². The number of nitrogens with two attached hydrogens (primary N) is 1. The van der Waals surface area contributed by atoms with E-state index in [1.807, 2.05) is 42.5 Å². The lowest BCUT2D eigenvalue weighted by Gasteiger charge is -2.13. The number of ether oxygens (including phenoxy) is 2. The predicted octanol–water partition coefficient (Wildman–Crippen LogP) is 2.95. The summed E-state index contributed by atoms with van der Waals surface area (Å²) in [6.45, 7) is 0. The number of hydrogen-bond acceptors (Lipinski definition) is 3. The molecule has 88 valence electrons. The molecule has 0 bridgehead atoms. The fraction of sp³-hybridized carbons (Fsp3) is 0.143. The largest absolute Gasteiger partial charge is 0.493 e. The Morgan fingerprint density at radius 2 is 1.53 bits per heavy atom. The topological polar surface area (TPSA) is 44.5 Å². The van der Waals surface area contributed by atoms with E-state index in [1.54, 1.807) is 14.2 Å². The van der Waals surface area contributed by atoms with Gasteiger partial charge in [-0.15, -0.1) is 0 Å². The number of methoxy groups -OCH3 is 2. The smallest absolute Gasteiger partial charge is 0.168 e. The molecule has 2 aromatic rings. The molecule has 2 rings (SSSR count). The summed E-state index contributed by atoms with van der Waals surface area (Å²) in [7, 11) is 3.25. The van der Waals surface area contributed by atoms with Crippen molar-refractivity contribution >= 4 is 5.69 Å². The fourth-order valence-electron chi connectivity index (χ4n) is 1.84. The molecule has 2 aromatic carbocycles. The molecule has 0 aliphatic carbocycles. The van der Waals surface area contributed by atoms with Gasteiger partial charge in [-0.1, -0.05) is 30.3 Å². The van der Waals surface area contributed by atoms with Gasteiger partial charge in [0.2, 0.25) is 0 Å². The molecule has 2 N–H and O–H groups in total. The van der Waals surface area contributed by atoms with E-state index in [0.717, 1.165) is 16.8 Å².